The first-order valence-corrected chi connectivity index (χ1v) is 13.2. The van der Waals surface area contributed by atoms with Gasteiger partial charge in [-0.05, 0) is 0 Å². The minimum Gasteiger partial charge on any atom is -0.507 e. The van der Waals surface area contributed by atoms with Gasteiger partial charge in [-0.25, -0.2) is 4.42 Å². The van der Waals surface area contributed by atoms with Crippen LogP contribution < -0.4 is 9.47 Å². The first-order chi connectivity index (χ1) is 20.8. The molecule has 0 spiro atoms. The molecule has 2 aliphatic rings. The van der Waals surface area contributed by atoms with Crippen LogP contribution in [0.1, 0.15) is 0 Å². The maximum Gasteiger partial charge on any atom is 0.402 e. The number of benzene rings is 2. The highest BCUT2D eigenvalue weighted by molar-refractivity contribution is 5.88. The maximum atomic E-state index is 10.8. The Morgan fingerprint density at radius 2 is 1.14 bits per heavy atom. The number of aromatic hydroxyl groups is 4. The summed E-state index contributed by atoms with van der Waals surface area (Å²) in [6.07, 6.45) is -16.4. The van der Waals surface area contributed by atoms with Gasteiger partial charge in [-0.1, -0.05) is 0 Å². The average Bonchev–Trinajstić information content (AvgIpc) is 3.00. The van der Waals surface area contributed by atoms with Gasteiger partial charge in [-0.3, -0.25) is 0 Å². The van der Waals surface area contributed by atoms with Crippen LogP contribution >= 0.6 is 0 Å². The summed E-state index contributed by atoms with van der Waals surface area (Å²) in [5.74, 6) is -3.69. The van der Waals surface area contributed by atoms with E-state index in [1.165, 1.54) is 12.1 Å². The Labute approximate surface area is 246 Å². The van der Waals surface area contributed by atoms with E-state index in [0.717, 1.165) is 18.2 Å². The van der Waals surface area contributed by atoms with Gasteiger partial charge in [0.05, 0.1) is 24.8 Å². The molecule has 2 aliphatic heterocycles. The van der Waals surface area contributed by atoms with Crippen molar-refractivity contribution >= 4 is 11.0 Å². The van der Waals surface area contributed by atoms with E-state index < -0.39 is 97.6 Å². The van der Waals surface area contributed by atoms with Gasteiger partial charge in [0.25, 0.3) is 0 Å². The highest BCUT2D eigenvalue weighted by Crippen LogP contribution is 2.45. The molecule has 0 aliphatic carbocycles. The molecule has 2 fully saturated rings. The van der Waals surface area contributed by atoms with Crippen molar-refractivity contribution in [1.29, 1.82) is 0 Å². The molecule has 5 unspecified atom stereocenters. The lowest BCUT2D eigenvalue weighted by atomic mass is 9.99. The monoisotopic (exact) mass is 627 g/mol. The van der Waals surface area contributed by atoms with E-state index in [4.69, 9.17) is 23.4 Å². The Morgan fingerprint density at radius 1 is 0.614 bits per heavy atom. The van der Waals surface area contributed by atoms with Crippen molar-refractivity contribution in [2.45, 2.75) is 61.4 Å². The maximum absolute atomic E-state index is 10.8. The predicted molar refractivity (Wildman–Crippen MR) is 142 cm³/mol. The largest absolute Gasteiger partial charge is 0.507 e. The van der Waals surface area contributed by atoms with Gasteiger partial charge in [0, 0.05) is 24.3 Å². The molecule has 0 bridgehead atoms. The fourth-order valence-corrected chi connectivity index (χ4v) is 4.85. The summed E-state index contributed by atoms with van der Waals surface area (Å²) in [7, 11) is 0. The molecule has 5 rings (SSSR count). The molecule has 17 nitrogen and oxygen atoms in total. The summed E-state index contributed by atoms with van der Waals surface area (Å²) < 4.78 is 28.0. The van der Waals surface area contributed by atoms with Crippen LogP contribution in [0.3, 0.4) is 0 Å². The van der Waals surface area contributed by atoms with Crippen LogP contribution in [0.25, 0.3) is 22.3 Å². The number of hydrogen-bond acceptors (Lipinski definition) is 16. The van der Waals surface area contributed by atoms with Gasteiger partial charge < -0.3 is 80.2 Å². The number of ether oxygens (including phenoxy) is 4. The molecule has 3 heterocycles. The van der Waals surface area contributed by atoms with E-state index in [2.05, 4.69) is 0 Å². The van der Waals surface area contributed by atoms with Crippen molar-refractivity contribution in [3.05, 3.63) is 30.3 Å². The fraction of sp³-hybridized carbons (Fsp3) is 0.444. The number of phenols is 4. The van der Waals surface area contributed by atoms with Crippen molar-refractivity contribution in [2.24, 2.45) is 0 Å². The summed E-state index contributed by atoms with van der Waals surface area (Å²) >= 11 is 0. The quantitative estimate of drug-likeness (QED) is 0.0956. The van der Waals surface area contributed by atoms with Gasteiger partial charge in [0.2, 0.25) is 18.3 Å². The van der Waals surface area contributed by atoms with E-state index in [1.807, 2.05) is 0 Å². The Kier molecular flexibility index (Phi) is 8.87. The van der Waals surface area contributed by atoms with E-state index in [-0.39, 0.29) is 33.8 Å². The Bertz CT molecular complexity index is 1470. The zero-order chi connectivity index (χ0) is 32.0. The summed E-state index contributed by atoms with van der Waals surface area (Å²) in [6, 6.07) is 5.41. The molecule has 10 atom stereocenters. The van der Waals surface area contributed by atoms with Crippen LogP contribution in [0.15, 0.2) is 34.7 Å². The Morgan fingerprint density at radius 3 is 1.66 bits per heavy atom. The van der Waals surface area contributed by atoms with Gasteiger partial charge in [0.15, 0.2) is 17.2 Å². The van der Waals surface area contributed by atoms with E-state index in [1.54, 1.807) is 0 Å². The van der Waals surface area contributed by atoms with E-state index in [0.29, 0.717) is 0 Å². The molecule has 12 N–H and O–H groups in total. The first kappa shape index (κ1) is 31.7. The van der Waals surface area contributed by atoms with Crippen LogP contribution in [0.2, 0.25) is 0 Å². The molecular weight excluding hydrogens is 596 g/mol. The third kappa shape index (κ3) is 5.73. The predicted octanol–water partition coefficient (Wildman–Crippen LogP) is -2.44. The number of fused-ring (bicyclic) bond motifs is 1. The molecule has 1 aromatic heterocycles. The second kappa shape index (κ2) is 12.3. The minimum atomic E-state index is -1.85. The first-order valence-electron chi connectivity index (χ1n) is 13.2. The molecule has 0 saturated carbocycles. The summed E-state index contributed by atoms with van der Waals surface area (Å²) in [4.78, 5) is 0. The van der Waals surface area contributed by atoms with Crippen LogP contribution in [-0.4, -0.2) is 136 Å². The lowest BCUT2D eigenvalue weighted by Gasteiger charge is -2.39. The van der Waals surface area contributed by atoms with Gasteiger partial charge in [0.1, 0.15) is 65.7 Å². The van der Waals surface area contributed by atoms with Gasteiger partial charge >= 0.3 is 11.3 Å². The topological polar surface area (TPSA) is 291 Å². The molecule has 44 heavy (non-hydrogen) atoms. The Hall–Kier alpha value is -3.75. The van der Waals surface area contributed by atoms with Crippen molar-refractivity contribution in [3.8, 4) is 45.8 Å². The van der Waals surface area contributed by atoms with E-state index >= 15 is 0 Å². The van der Waals surface area contributed by atoms with Crippen molar-refractivity contribution < 1.29 is 84.6 Å². The molecule has 2 saturated heterocycles. The van der Waals surface area contributed by atoms with E-state index in [9.17, 15) is 61.3 Å². The summed E-state index contributed by atoms with van der Waals surface area (Å²) in [5.41, 5.74) is -0.258. The molecule has 240 valence electrons. The van der Waals surface area contributed by atoms with Crippen LogP contribution in [0.4, 0.5) is 0 Å². The van der Waals surface area contributed by atoms with Crippen LogP contribution in [0.5, 0.6) is 34.5 Å². The smallest absolute Gasteiger partial charge is 0.402 e. The average molecular weight is 628 g/mol. The second-order valence-corrected chi connectivity index (χ2v) is 10.3. The van der Waals surface area contributed by atoms with Gasteiger partial charge in [-0.2, -0.15) is 0 Å². The fourth-order valence-electron chi connectivity index (χ4n) is 4.85. The molecule has 0 amide bonds. The van der Waals surface area contributed by atoms with Crippen molar-refractivity contribution in [1.82, 2.24) is 0 Å². The molecule has 2 aromatic carbocycles. The third-order valence-electron chi connectivity index (χ3n) is 7.33. The molecule has 17 heteroatoms. The molecular formula is C27H31O17+. The van der Waals surface area contributed by atoms with Gasteiger partial charge in [-0.15, -0.1) is 0 Å². The normalized spacial score (nSPS) is 32.5. The Balaban J connectivity index is 1.57. The highest BCUT2D eigenvalue weighted by atomic mass is 16.7. The third-order valence-corrected chi connectivity index (χ3v) is 7.33. The molecule has 0 radical (unpaired) electrons. The summed E-state index contributed by atoms with van der Waals surface area (Å²) in [5, 5.41) is 121. The zero-order valence-electron chi connectivity index (χ0n) is 22.5. The lowest BCUT2D eigenvalue weighted by Crippen LogP contribution is -2.60. The summed E-state index contributed by atoms with van der Waals surface area (Å²) in [6.45, 7) is -1.46. The number of aliphatic hydroxyl groups is 8. The van der Waals surface area contributed by atoms with Crippen molar-refractivity contribution in [3.63, 3.8) is 0 Å². The highest BCUT2D eigenvalue weighted by Gasteiger charge is 2.47. The number of phenolic OH excluding ortho intramolecular Hbond substituents is 4. The van der Waals surface area contributed by atoms with Crippen LogP contribution in [-0.2, 0) is 9.47 Å². The second-order valence-electron chi connectivity index (χ2n) is 10.3. The zero-order valence-corrected chi connectivity index (χ0v) is 22.5. The standard InChI is InChI=1S/C27H30O17/c28-6-16-19(34)21(36)23(38)26(43-16)40-9-3-11(30)10-5-15(42-27-24(39)22(37)20(35)17(7-29)44-27)25(41-14(10)4-9)8-1-12(31)18(33)13(32)2-8/h1-5,16-17,19-24,26-29,34-39H,6-7H2,(H3-,30,31,32,33)/p+1/t16?,17?,19-,20-,21+,22?,23?,24?,26-,27-/m1/s1. The molecule has 3 aromatic rings. The minimum absolute atomic E-state index is 0.0540. The lowest BCUT2D eigenvalue weighted by molar-refractivity contribution is -0.277. The van der Waals surface area contributed by atoms with Crippen LogP contribution in [0, 0.1) is 0 Å². The number of aliphatic hydroxyl groups excluding tert-OH is 8. The SMILES string of the molecule is OCC1O[C@@H](Oc2cc3c(O)cc(O[C@@H]4OC(CO)[C@@H](O)[C@H](O)C4O)cc3[o+]c2-c2cc(O)c(O)c(O)c2)C(O)C(O)[C@@H]1O. The van der Waals surface area contributed by atoms with Crippen molar-refractivity contribution in [2.75, 3.05) is 13.2 Å². The number of hydrogen-bond donors (Lipinski definition) is 12. The number of rotatable bonds is 7.